The first kappa shape index (κ1) is 18.2. The van der Waals surface area contributed by atoms with Gasteiger partial charge in [-0.25, -0.2) is 15.1 Å². The van der Waals surface area contributed by atoms with Gasteiger partial charge in [-0.15, -0.1) is 0 Å². The van der Waals surface area contributed by atoms with Crippen LogP contribution < -0.4 is 15.6 Å². The summed E-state index contributed by atoms with van der Waals surface area (Å²) in [6, 6.07) is 5.49. The highest BCUT2D eigenvalue weighted by Gasteiger charge is 2.41. The third kappa shape index (κ3) is 3.13. The Hall–Kier alpha value is -3.22. The zero-order chi connectivity index (χ0) is 19.8. The molecule has 7 nitrogen and oxygen atoms in total. The number of Topliss-reactive ketones (excluding diaryl/α,β-unsaturated/α-hetero) is 1. The molecule has 2 aromatic rings. The van der Waals surface area contributed by atoms with Crippen molar-refractivity contribution in [3.63, 3.8) is 0 Å². The third-order valence-corrected chi connectivity index (χ3v) is 5.34. The number of hydrogen-bond donors (Lipinski definition) is 2. The van der Waals surface area contributed by atoms with Crippen LogP contribution in [0, 0.1) is 6.92 Å². The van der Waals surface area contributed by atoms with Crippen LogP contribution in [0.1, 0.15) is 43.4 Å². The van der Waals surface area contributed by atoms with Crippen LogP contribution >= 0.6 is 0 Å². The quantitative estimate of drug-likeness (QED) is 0.856. The number of dihydropyridines is 1. The Balaban J connectivity index is 1.82. The molecule has 144 valence electrons. The first-order valence-corrected chi connectivity index (χ1v) is 9.48. The first-order chi connectivity index (χ1) is 13.5. The maximum Gasteiger partial charge on any atom is 0.337 e. The molecule has 7 heteroatoms. The van der Waals surface area contributed by atoms with Crippen LogP contribution in [0.2, 0.25) is 0 Å². The van der Waals surface area contributed by atoms with Crippen molar-refractivity contribution in [2.24, 2.45) is 7.05 Å². The fourth-order valence-corrected chi connectivity index (χ4v) is 4.16. The number of carbonyl (C=O) groups excluding carboxylic acids is 2. The monoisotopic (exact) mass is 378 g/mol. The van der Waals surface area contributed by atoms with Gasteiger partial charge in [0.1, 0.15) is 0 Å². The van der Waals surface area contributed by atoms with Gasteiger partial charge >= 0.3 is 5.91 Å². The van der Waals surface area contributed by atoms with E-state index in [-0.39, 0.29) is 11.7 Å². The summed E-state index contributed by atoms with van der Waals surface area (Å²) in [5, 5.41) is 10.7. The van der Waals surface area contributed by atoms with Crippen LogP contribution in [0.25, 0.3) is 0 Å². The molecule has 0 radical (unpaired) electrons. The minimum absolute atomic E-state index is 0.103. The van der Waals surface area contributed by atoms with E-state index >= 15 is 0 Å². The number of amides is 1. The summed E-state index contributed by atoms with van der Waals surface area (Å²) < 4.78 is 1.73. The van der Waals surface area contributed by atoms with Crippen molar-refractivity contribution in [3.05, 3.63) is 64.4 Å². The van der Waals surface area contributed by atoms with Crippen molar-refractivity contribution in [2.45, 2.75) is 39.0 Å². The number of ketones is 1. The summed E-state index contributed by atoms with van der Waals surface area (Å²) in [7, 11) is 1.85. The Morgan fingerprint density at radius 3 is 2.82 bits per heavy atom. The van der Waals surface area contributed by atoms with Gasteiger partial charge in [0.25, 0.3) is 5.82 Å². The Bertz CT molecular complexity index is 1020. The molecule has 2 aromatic heterocycles. The largest absolute Gasteiger partial charge is 0.362 e. The van der Waals surface area contributed by atoms with Crippen LogP contribution in [0.4, 0.5) is 5.82 Å². The highest BCUT2D eigenvalue weighted by atomic mass is 16.2. The fraction of sp³-hybridized carbons (Fsp3) is 0.333. The minimum Gasteiger partial charge on any atom is -0.362 e. The lowest BCUT2D eigenvalue weighted by Gasteiger charge is -2.33. The van der Waals surface area contributed by atoms with Crippen molar-refractivity contribution in [1.82, 2.24) is 15.1 Å². The molecule has 0 saturated carbocycles. The second kappa shape index (κ2) is 7.07. The summed E-state index contributed by atoms with van der Waals surface area (Å²) in [4.78, 5) is 29.2. The summed E-state index contributed by atoms with van der Waals surface area (Å²) >= 11 is 0. The topological polar surface area (TPSA) is 90.2 Å². The number of aryl methyl sites for hydroxylation is 2. The Morgan fingerprint density at radius 1 is 1.32 bits per heavy atom. The van der Waals surface area contributed by atoms with E-state index in [9.17, 15) is 9.59 Å². The third-order valence-electron chi connectivity index (χ3n) is 5.34. The number of anilines is 1. The molecule has 1 amide bonds. The molecule has 3 N–H and O–H groups in total. The number of H-pyrrole nitrogens is 1. The molecule has 28 heavy (non-hydrogen) atoms. The van der Waals surface area contributed by atoms with Gasteiger partial charge in [0.15, 0.2) is 5.78 Å². The van der Waals surface area contributed by atoms with Gasteiger partial charge in [-0.1, -0.05) is 6.07 Å². The molecule has 0 spiro atoms. The Kier molecular flexibility index (Phi) is 4.58. The molecule has 3 heterocycles. The standard InChI is InChI=1S/C21H23N5O2/c1-12-14(11-26(3)25-12)19-18(21(28)24-17-9-4-5-10-22-17)13(2)23-15-7-6-8-16(27)20(15)19/h4-5,9-11,19,23H,6-8H2,1-3H3,(H,22,24,28)/p+1. The first-order valence-electron chi connectivity index (χ1n) is 9.48. The van der Waals surface area contributed by atoms with Crippen LogP contribution in [-0.2, 0) is 16.6 Å². The van der Waals surface area contributed by atoms with Crippen LogP contribution in [0.3, 0.4) is 0 Å². The van der Waals surface area contributed by atoms with Crippen LogP contribution in [0.5, 0.6) is 0 Å². The molecule has 1 atom stereocenters. The number of allylic oxidation sites excluding steroid dienone is 3. The lowest BCUT2D eigenvalue weighted by Crippen LogP contribution is -2.36. The van der Waals surface area contributed by atoms with Gasteiger partial charge in [0, 0.05) is 48.3 Å². The highest BCUT2D eigenvalue weighted by Crippen LogP contribution is 2.43. The number of hydrogen-bond acceptors (Lipinski definition) is 4. The molecule has 0 bridgehead atoms. The van der Waals surface area contributed by atoms with Crippen molar-refractivity contribution < 1.29 is 14.6 Å². The van der Waals surface area contributed by atoms with Gasteiger partial charge < -0.3 is 5.32 Å². The van der Waals surface area contributed by atoms with Crippen molar-refractivity contribution in [2.75, 3.05) is 5.32 Å². The van der Waals surface area contributed by atoms with Crippen molar-refractivity contribution in [1.29, 1.82) is 0 Å². The van der Waals surface area contributed by atoms with E-state index in [1.54, 1.807) is 16.9 Å². The number of aromatic nitrogens is 3. The average molecular weight is 378 g/mol. The van der Waals surface area contributed by atoms with Gasteiger partial charge in [-0.2, -0.15) is 5.10 Å². The smallest absolute Gasteiger partial charge is 0.337 e. The number of nitrogens with zero attached hydrogens (tertiary/aromatic N) is 2. The molecule has 2 aliphatic rings. The maximum absolute atomic E-state index is 13.3. The molecule has 0 aromatic carbocycles. The normalized spacial score (nSPS) is 19.4. The molecule has 0 fully saturated rings. The van der Waals surface area contributed by atoms with Gasteiger partial charge in [0.05, 0.1) is 23.4 Å². The predicted molar refractivity (Wildman–Crippen MR) is 104 cm³/mol. The molecule has 1 aliphatic carbocycles. The van der Waals surface area contributed by atoms with Gasteiger partial charge in [0.2, 0.25) is 0 Å². The highest BCUT2D eigenvalue weighted by molar-refractivity contribution is 6.09. The molecular formula is C21H24N5O2+. The van der Waals surface area contributed by atoms with E-state index in [1.807, 2.05) is 39.2 Å². The zero-order valence-electron chi connectivity index (χ0n) is 16.3. The Labute approximate surface area is 163 Å². The Morgan fingerprint density at radius 2 is 2.14 bits per heavy atom. The van der Waals surface area contributed by atoms with E-state index in [2.05, 4.69) is 20.7 Å². The summed E-state index contributed by atoms with van der Waals surface area (Å²) in [5.74, 6) is 0.0578. The maximum atomic E-state index is 13.3. The number of nitrogens with one attached hydrogen (secondary N) is 3. The van der Waals surface area contributed by atoms with Crippen molar-refractivity contribution in [3.8, 4) is 0 Å². The lowest BCUT2D eigenvalue weighted by molar-refractivity contribution is -0.360. The molecule has 0 saturated heterocycles. The van der Waals surface area contributed by atoms with Crippen LogP contribution in [0.15, 0.2) is 53.1 Å². The molecule has 1 unspecified atom stereocenters. The zero-order valence-corrected chi connectivity index (χ0v) is 16.3. The summed E-state index contributed by atoms with van der Waals surface area (Å²) in [5.41, 5.74) is 4.69. The van der Waals surface area contributed by atoms with E-state index in [4.69, 9.17) is 0 Å². The van der Waals surface area contributed by atoms with Crippen LogP contribution in [-0.4, -0.2) is 21.5 Å². The number of rotatable bonds is 3. The lowest BCUT2D eigenvalue weighted by atomic mass is 9.75. The van der Waals surface area contributed by atoms with E-state index in [0.29, 0.717) is 23.4 Å². The van der Waals surface area contributed by atoms with Crippen molar-refractivity contribution >= 4 is 17.5 Å². The summed E-state index contributed by atoms with van der Waals surface area (Å²) in [6.07, 6.45) is 5.82. The number of carbonyl (C=O) groups is 2. The van der Waals surface area contributed by atoms with E-state index < -0.39 is 5.92 Å². The number of aromatic amines is 1. The predicted octanol–water partition coefficient (Wildman–Crippen LogP) is 2.15. The number of pyridine rings is 1. The second-order valence-corrected chi connectivity index (χ2v) is 7.34. The molecule has 1 aliphatic heterocycles. The fourth-order valence-electron chi connectivity index (χ4n) is 4.16. The average Bonchev–Trinajstić information content (AvgIpc) is 2.99. The van der Waals surface area contributed by atoms with Gasteiger partial charge in [-0.3, -0.25) is 9.48 Å². The SMILES string of the molecule is CC1=C(C(=O)Nc2cccc[nH+]2)C(c2cn(C)nc2C)C2=C(CCCC2=O)N1. The minimum atomic E-state index is -0.415. The van der Waals surface area contributed by atoms with E-state index in [1.165, 1.54) is 0 Å². The molecule has 4 rings (SSSR count). The summed E-state index contributed by atoms with van der Waals surface area (Å²) in [6.45, 7) is 3.81. The molecular weight excluding hydrogens is 354 g/mol. The second-order valence-electron chi connectivity index (χ2n) is 7.34. The van der Waals surface area contributed by atoms with Gasteiger partial charge in [-0.05, 0) is 32.8 Å². The van der Waals surface area contributed by atoms with E-state index in [0.717, 1.165) is 35.5 Å².